The van der Waals surface area contributed by atoms with Gasteiger partial charge in [0.2, 0.25) is 0 Å². The molecule has 1 saturated heterocycles. The van der Waals surface area contributed by atoms with Crippen molar-refractivity contribution in [3.8, 4) is 0 Å². The lowest BCUT2D eigenvalue weighted by atomic mass is 9.72. The van der Waals surface area contributed by atoms with Gasteiger partial charge in [-0.3, -0.25) is 0 Å². The maximum Gasteiger partial charge on any atom is 0.525 e. The van der Waals surface area contributed by atoms with Crippen LogP contribution < -0.4 is 0 Å². The summed E-state index contributed by atoms with van der Waals surface area (Å²) >= 11 is 0. The van der Waals surface area contributed by atoms with E-state index < -0.39 is 18.3 Å². The second-order valence-electron chi connectivity index (χ2n) is 6.94. The zero-order valence-electron chi connectivity index (χ0n) is 11.8. The third-order valence-electron chi connectivity index (χ3n) is 5.42. The van der Waals surface area contributed by atoms with Crippen molar-refractivity contribution in [2.24, 2.45) is 11.8 Å². The molecule has 2 nitrogen and oxygen atoms in total. The smallest absolute Gasteiger partial charge is 0.398 e. The third kappa shape index (κ3) is 1.69. The lowest BCUT2D eigenvalue weighted by molar-refractivity contribution is 0.00578. The number of rotatable bonds is 1. The molecule has 0 spiro atoms. The fourth-order valence-corrected chi connectivity index (χ4v) is 3.29. The molecule has 0 aromatic heterocycles. The highest BCUT2D eigenvalue weighted by molar-refractivity contribution is 6.53. The molecule has 2 unspecified atom stereocenters. The van der Waals surface area contributed by atoms with Crippen LogP contribution in [-0.4, -0.2) is 18.3 Å². The number of hydrogen-bond donors (Lipinski definition) is 0. The molecule has 18 heavy (non-hydrogen) atoms. The Morgan fingerprint density at radius 2 is 1.72 bits per heavy atom. The second kappa shape index (κ2) is 3.83. The van der Waals surface area contributed by atoms with E-state index in [2.05, 4.69) is 0 Å². The van der Waals surface area contributed by atoms with Crippen molar-refractivity contribution in [3.63, 3.8) is 0 Å². The van der Waals surface area contributed by atoms with Crippen LogP contribution in [0.3, 0.4) is 0 Å². The Balaban J connectivity index is 1.83. The lowest BCUT2D eigenvalue weighted by Crippen LogP contribution is -2.41. The van der Waals surface area contributed by atoms with E-state index in [4.69, 9.17) is 9.31 Å². The summed E-state index contributed by atoms with van der Waals surface area (Å²) < 4.78 is 26.2. The highest BCUT2D eigenvalue weighted by Crippen LogP contribution is 2.52. The normalized spacial score (nSPS) is 39.5. The first-order chi connectivity index (χ1) is 8.32. The van der Waals surface area contributed by atoms with Gasteiger partial charge in [0.1, 0.15) is 5.73 Å². The van der Waals surface area contributed by atoms with Gasteiger partial charge in [0, 0.05) is 0 Å². The van der Waals surface area contributed by atoms with Gasteiger partial charge < -0.3 is 9.31 Å². The molecule has 2 atom stereocenters. The van der Waals surface area contributed by atoms with Gasteiger partial charge in [-0.2, -0.15) is 0 Å². The Hall–Kier alpha value is -0.345. The fourth-order valence-electron chi connectivity index (χ4n) is 3.29. The van der Waals surface area contributed by atoms with Gasteiger partial charge in [-0.15, -0.1) is 0 Å². The molecule has 100 valence electrons. The van der Waals surface area contributed by atoms with Gasteiger partial charge in [0.05, 0.1) is 11.2 Å². The molecule has 4 heteroatoms. The third-order valence-corrected chi connectivity index (χ3v) is 5.42. The van der Waals surface area contributed by atoms with Crippen molar-refractivity contribution in [1.29, 1.82) is 0 Å². The van der Waals surface area contributed by atoms with E-state index in [1.165, 1.54) is 6.42 Å². The van der Waals surface area contributed by atoms with E-state index in [0.717, 1.165) is 30.8 Å². The van der Waals surface area contributed by atoms with Gasteiger partial charge in [0.15, 0.2) is 0 Å². The van der Waals surface area contributed by atoms with E-state index >= 15 is 0 Å². The topological polar surface area (TPSA) is 18.5 Å². The minimum Gasteiger partial charge on any atom is -0.398 e. The number of fused-ring (bicyclic) bond motifs is 1. The van der Waals surface area contributed by atoms with E-state index in [-0.39, 0.29) is 5.73 Å². The second-order valence-corrected chi connectivity index (χ2v) is 6.94. The summed E-state index contributed by atoms with van der Waals surface area (Å²) in [5.41, 5.74) is -0.0639. The Morgan fingerprint density at radius 3 is 2.17 bits per heavy atom. The van der Waals surface area contributed by atoms with Crippen LogP contribution in [0.15, 0.2) is 11.3 Å². The van der Waals surface area contributed by atoms with Crippen molar-refractivity contribution >= 4 is 7.12 Å². The molecule has 0 bridgehead atoms. The van der Waals surface area contributed by atoms with Gasteiger partial charge in [-0.05, 0) is 70.8 Å². The van der Waals surface area contributed by atoms with Crippen molar-refractivity contribution in [3.05, 3.63) is 11.3 Å². The van der Waals surface area contributed by atoms with E-state index in [9.17, 15) is 4.39 Å². The maximum absolute atomic E-state index is 14.6. The predicted octanol–water partition coefficient (Wildman–Crippen LogP) is 3.66. The molecule has 0 amide bonds. The average Bonchev–Trinajstić information content (AvgIpc) is 2.61. The molecule has 3 rings (SSSR count). The van der Waals surface area contributed by atoms with Gasteiger partial charge in [-0.1, -0.05) is 0 Å². The number of halogens is 1. The first-order valence-electron chi connectivity index (χ1n) is 7.06. The van der Waals surface area contributed by atoms with Gasteiger partial charge >= 0.3 is 7.12 Å². The predicted molar refractivity (Wildman–Crippen MR) is 69.7 cm³/mol. The molecular formula is C14H22BFO2. The molecule has 1 aliphatic heterocycles. The molecule has 0 aromatic carbocycles. The minimum atomic E-state index is -0.788. The first kappa shape index (κ1) is 12.7. The Morgan fingerprint density at radius 1 is 1.11 bits per heavy atom. The first-order valence-corrected chi connectivity index (χ1v) is 7.06. The maximum atomic E-state index is 14.6. The Kier molecular flexibility index (Phi) is 2.70. The van der Waals surface area contributed by atoms with Crippen molar-refractivity contribution in [2.45, 2.75) is 64.6 Å². The van der Waals surface area contributed by atoms with E-state index in [1.807, 2.05) is 27.7 Å². The Bertz CT molecular complexity index is 387. The molecule has 1 heterocycles. The molecule has 0 radical (unpaired) electrons. The molecule has 2 saturated carbocycles. The fraction of sp³-hybridized carbons (Fsp3) is 0.857. The monoisotopic (exact) mass is 252 g/mol. The van der Waals surface area contributed by atoms with E-state index in [0.29, 0.717) is 5.92 Å². The molecule has 0 aromatic rings. The van der Waals surface area contributed by atoms with Crippen LogP contribution >= 0.6 is 0 Å². The number of allylic oxidation sites excluding steroid dienone is 1. The average molecular weight is 252 g/mol. The standard InChI is InChI=1S/C14H22BFO2/c1-13(2)14(3,4)18-15(17-13)12(16)11-8-6-9-5-7-10(9)11/h9-10H,5-8H2,1-4H3. The summed E-state index contributed by atoms with van der Waals surface area (Å²) in [5, 5.41) is 0. The van der Waals surface area contributed by atoms with Crippen LogP contribution in [0.2, 0.25) is 0 Å². The summed E-state index contributed by atoms with van der Waals surface area (Å²) in [7, 11) is -0.788. The molecular weight excluding hydrogens is 230 g/mol. The number of hydrogen-bond acceptors (Lipinski definition) is 2. The quantitative estimate of drug-likeness (QED) is 0.663. The SMILES string of the molecule is CC1(C)OB(C(F)=C2CCC3CCC23)OC1(C)C. The van der Waals surface area contributed by atoms with Crippen LogP contribution in [0.5, 0.6) is 0 Å². The van der Waals surface area contributed by atoms with Crippen molar-refractivity contribution < 1.29 is 13.7 Å². The highest BCUT2D eigenvalue weighted by atomic mass is 19.1. The van der Waals surface area contributed by atoms with Crippen LogP contribution in [0.1, 0.15) is 53.4 Å². The van der Waals surface area contributed by atoms with Crippen molar-refractivity contribution in [2.75, 3.05) is 0 Å². The van der Waals surface area contributed by atoms with Crippen LogP contribution in [0, 0.1) is 11.8 Å². The summed E-state index contributed by atoms with van der Waals surface area (Å²) in [6, 6.07) is 0. The van der Waals surface area contributed by atoms with Crippen LogP contribution in [0.4, 0.5) is 4.39 Å². The lowest BCUT2D eigenvalue weighted by Gasteiger charge is -2.32. The van der Waals surface area contributed by atoms with Gasteiger partial charge in [0.25, 0.3) is 0 Å². The zero-order valence-corrected chi connectivity index (χ0v) is 11.8. The van der Waals surface area contributed by atoms with Crippen molar-refractivity contribution in [1.82, 2.24) is 0 Å². The molecule has 2 aliphatic carbocycles. The Labute approximate surface area is 109 Å². The molecule has 3 fully saturated rings. The molecule has 0 N–H and O–H groups in total. The molecule has 3 aliphatic rings. The highest BCUT2D eigenvalue weighted by Gasteiger charge is 2.54. The van der Waals surface area contributed by atoms with Crippen LogP contribution in [-0.2, 0) is 9.31 Å². The summed E-state index contributed by atoms with van der Waals surface area (Å²) in [6.45, 7) is 7.86. The van der Waals surface area contributed by atoms with E-state index in [1.54, 1.807) is 0 Å². The zero-order chi connectivity index (χ0) is 13.1. The summed E-state index contributed by atoms with van der Waals surface area (Å²) in [6.07, 6.45) is 4.45. The van der Waals surface area contributed by atoms with Gasteiger partial charge in [-0.25, -0.2) is 4.39 Å². The summed E-state index contributed by atoms with van der Waals surface area (Å²) in [5.74, 6) is 1.21. The summed E-state index contributed by atoms with van der Waals surface area (Å²) in [4.78, 5) is 0. The largest absolute Gasteiger partial charge is 0.525 e. The van der Waals surface area contributed by atoms with Crippen LogP contribution in [0.25, 0.3) is 0 Å². The minimum absolute atomic E-state index is 0.138.